The normalized spacial score (nSPS) is 12.7. The second kappa shape index (κ2) is 6.50. The van der Waals surface area contributed by atoms with Gasteiger partial charge >= 0.3 is 0 Å². The van der Waals surface area contributed by atoms with E-state index in [0.717, 1.165) is 22.7 Å². The van der Waals surface area contributed by atoms with Gasteiger partial charge in [-0.15, -0.1) is 0 Å². The summed E-state index contributed by atoms with van der Waals surface area (Å²) in [6.07, 6.45) is 3.67. The molecule has 0 aliphatic rings. The number of aromatic nitrogens is 2. The maximum atomic E-state index is 6.18. The number of nitrogens with zero attached hydrogens (tertiary/aromatic N) is 2. The van der Waals surface area contributed by atoms with Gasteiger partial charge in [-0.1, -0.05) is 25.4 Å². The summed E-state index contributed by atoms with van der Waals surface area (Å²) in [6, 6.07) is 3.85. The third-order valence-electron chi connectivity index (χ3n) is 3.83. The molecule has 0 aliphatic heterocycles. The molecule has 0 saturated heterocycles. The molecule has 1 aromatic carbocycles. The molecule has 1 unspecified atom stereocenters. The van der Waals surface area contributed by atoms with Crippen LogP contribution >= 0.6 is 11.6 Å². The highest BCUT2D eigenvalue weighted by molar-refractivity contribution is 6.31. The van der Waals surface area contributed by atoms with Gasteiger partial charge in [-0.2, -0.15) is 0 Å². The van der Waals surface area contributed by atoms with E-state index >= 15 is 0 Å². The number of nitrogens with two attached hydrogens (primary N) is 1. The van der Waals surface area contributed by atoms with E-state index in [-0.39, 0.29) is 5.92 Å². The number of imidazole rings is 1. The zero-order chi connectivity index (χ0) is 15.6. The van der Waals surface area contributed by atoms with Crippen molar-refractivity contribution in [3.8, 4) is 11.4 Å². The highest BCUT2D eigenvalue weighted by atomic mass is 35.5. The van der Waals surface area contributed by atoms with Gasteiger partial charge in [0.15, 0.2) is 0 Å². The van der Waals surface area contributed by atoms with Gasteiger partial charge in [-0.25, -0.2) is 4.98 Å². The molecule has 1 aromatic heterocycles. The second-order valence-electron chi connectivity index (χ2n) is 5.55. The van der Waals surface area contributed by atoms with Gasteiger partial charge in [0.25, 0.3) is 0 Å². The lowest BCUT2D eigenvalue weighted by atomic mass is 9.93. The monoisotopic (exact) mass is 307 g/mol. The van der Waals surface area contributed by atoms with Gasteiger partial charge in [-0.3, -0.25) is 4.57 Å². The van der Waals surface area contributed by atoms with Crippen molar-refractivity contribution in [1.82, 2.24) is 9.55 Å². The molecule has 5 heteroatoms. The van der Waals surface area contributed by atoms with Crippen LogP contribution in [0.4, 0.5) is 0 Å². The van der Waals surface area contributed by atoms with Crippen LogP contribution in [0.1, 0.15) is 31.0 Å². The van der Waals surface area contributed by atoms with Gasteiger partial charge in [0.1, 0.15) is 5.75 Å². The summed E-state index contributed by atoms with van der Waals surface area (Å²) in [5.41, 5.74) is 8.97. The Kier molecular flexibility index (Phi) is 4.91. The van der Waals surface area contributed by atoms with Gasteiger partial charge in [0.2, 0.25) is 0 Å². The fraction of sp³-hybridized carbons (Fsp3) is 0.438. The Morgan fingerprint density at radius 2 is 2.10 bits per heavy atom. The molecular formula is C16H22ClN3O. The smallest absolute Gasteiger partial charge is 0.144 e. The molecule has 2 N–H and O–H groups in total. The van der Waals surface area contributed by atoms with E-state index in [1.54, 1.807) is 13.4 Å². The average molecular weight is 308 g/mol. The first-order valence-corrected chi connectivity index (χ1v) is 7.44. The topological polar surface area (TPSA) is 53.1 Å². The molecule has 0 fully saturated rings. The number of hydrogen-bond acceptors (Lipinski definition) is 3. The van der Waals surface area contributed by atoms with Crippen molar-refractivity contribution in [2.75, 3.05) is 13.7 Å². The van der Waals surface area contributed by atoms with Crippen molar-refractivity contribution in [3.63, 3.8) is 0 Å². The fourth-order valence-electron chi connectivity index (χ4n) is 2.52. The van der Waals surface area contributed by atoms with Gasteiger partial charge in [0, 0.05) is 35.4 Å². The Morgan fingerprint density at radius 3 is 2.67 bits per heavy atom. The van der Waals surface area contributed by atoms with Crippen LogP contribution in [0.2, 0.25) is 5.02 Å². The number of aryl methyl sites for hydroxylation is 1. The quantitative estimate of drug-likeness (QED) is 0.919. The minimum absolute atomic E-state index is 0.244. The number of benzene rings is 1. The number of halogens is 1. The zero-order valence-corrected chi connectivity index (χ0v) is 13.7. The summed E-state index contributed by atoms with van der Waals surface area (Å²) >= 11 is 6.18. The van der Waals surface area contributed by atoms with E-state index in [1.807, 2.05) is 29.8 Å². The van der Waals surface area contributed by atoms with Crippen LogP contribution in [0.25, 0.3) is 5.69 Å². The Hall–Kier alpha value is -1.52. The Bertz CT molecular complexity index is 622. The predicted octanol–water partition coefficient (Wildman–Crippen LogP) is 3.54. The molecule has 0 radical (unpaired) electrons. The van der Waals surface area contributed by atoms with Crippen LogP contribution in [0, 0.1) is 12.8 Å². The summed E-state index contributed by atoms with van der Waals surface area (Å²) < 4.78 is 7.51. The van der Waals surface area contributed by atoms with Crippen LogP contribution in [0.15, 0.2) is 24.7 Å². The van der Waals surface area contributed by atoms with Crippen molar-refractivity contribution in [1.29, 1.82) is 0 Å². The van der Waals surface area contributed by atoms with Crippen molar-refractivity contribution < 1.29 is 4.74 Å². The molecule has 4 nitrogen and oxygen atoms in total. The van der Waals surface area contributed by atoms with Crippen LogP contribution in [-0.2, 0) is 0 Å². The van der Waals surface area contributed by atoms with Crippen LogP contribution in [0.3, 0.4) is 0 Å². The Morgan fingerprint density at radius 1 is 1.38 bits per heavy atom. The molecule has 0 aliphatic carbocycles. The summed E-state index contributed by atoms with van der Waals surface area (Å²) in [5.74, 6) is 1.41. The highest BCUT2D eigenvalue weighted by Gasteiger charge is 2.20. The zero-order valence-electron chi connectivity index (χ0n) is 12.9. The first-order chi connectivity index (χ1) is 9.99. The molecule has 2 aromatic rings. The molecule has 1 heterocycles. The summed E-state index contributed by atoms with van der Waals surface area (Å²) in [7, 11) is 1.64. The standard InChI is InChI=1S/C16H22ClN3O/c1-10(2)12(7-18)15-8-19-9-20(15)14-5-11(3)13(17)6-16(14)21-4/h5-6,8-10,12H,7,18H2,1-4H3. The summed E-state index contributed by atoms with van der Waals surface area (Å²) in [4.78, 5) is 4.30. The minimum atomic E-state index is 0.244. The third-order valence-corrected chi connectivity index (χ3v) is 4.23. The van der Waals surface area contributed by atoms with E-state index in [1.165, 1.54) is 0 Å². The Labute approximate surface area is 130 Å². The van der Waals surface area contributed by atoms with Crippen molar-refractivity contribution in [2.45, 2.75) is 26.7 Å². The lowest BCUT2D eigenvalue weighted by molar-refractivity contribution is 0.411. The van der Waals surface area contributed by atoms with E-state index in [2.05, 4.69) is 18.8 Å². The maximum absolute atomic E-state index is 6.18. The van der Waals surface area contributed by atoms with Crippen LogP contribution in [-0.4, -0.2) is 23.2 Å². The van der Waals surface area contributed by atoms with E-state index in [0.29, 0.717) is 17.5 Å². The van der Waals surface area contributed by atoms with E-state index in [4.69, 9.17) is 22.1 Å². The molecule has 0 amide bonds. The highest BCUT2D eigenvalue weighted by Crippen LogP contribution is 2.33. The van der Waals surface area contributed by atoms with Gasteiger partial charge in [0.05, 0.1) is 19.1 Å². The SMILES string of the molecule is COc1cc(Cl)c(C)cc1-n1cncc1C(CN)C(C)C. The first-order valence-electron chi connectivity index (χ1n) is 7.06. The number of ether oxygens (including phenoxy) is 1. The average Bonchev–Trinajstić information content (AvgIpc) is 2.90. The van der Waals surface area contributed by atoms with Gasteiger partial charge < -0.3 is 10.5 Å². The van der Waals surface area contributed by atoms with Crippen molar-refractivity contribution in [3.05, 3.63) is 40.9 Å². The van der Waals surface area contributed by atoms with Crippen molar-refractivity contribution in [2.24, 2.45) is 11.7 Å². The van der Waals surface area contributed by atoms with E-state index in [9.17, 15) is 0 Å². The molecule has 0 saturated carbocycles. The summed E-state index contributed by atoms with van der Waals surface area (Å²) in [5, 5.41) is 0.691. The predicted molar refractivity (Wildman–Crippen MR) is 86.5 cm³/mol. The van der Waals surface area contributed by atoms with Crippen LogP contribution in [0.5, 0.6) is 5.75 Å². The molecule has 2 rings (SSSR count). The maximum Gasteiger partial charge on any atom is 0.144 e. The molecular weight excluding hydrogens is 286 g/mol. The molecule has 114 valence electrons. The van der Waals surface area contributed by atoms with Gasteiger partial charge in [-0.05, 0) is 24.5 Å². The molecule has 21 heavy (non-hydrogen) atoms. The van der Waals surface area contributed by atoms with E-state index < -0.39 is 0 Å². The number of hydrogen-bond donors (Lipinski definition) is 1. The third kappa shape index (κ3) is 3.06. The first kappa shape index (κ1) is 15.9. The largest absolute Gasteiger partial charge is 0.495 e. The van der Waals surface area contributed by atoms with Crippen molar-refractivity contribution >= 4 is 11.6 Å². The number of methoxy groups -OCH3 is 1. The molecule has 0 spiro atoms. The number of rotatable bonds is 5. The summed E-state index contributed by atoms with van der Waals surface area (Å²) in [6.45, 7) is 6.89. The minimum Gasteiger partial charge on any atom is -0.495 e. The van der Waals surface area contributed by atoms with Crippen LogP contribution < -0.4 is 10.5 Å². The lowest BCUT2D eigenvalue weighted by Crippen LogP contribution is -2.20. The fourth-order valence-corrected chi connectivity index (χ4v) is 2.67. The second-order valence-corrected chi connectivity index (χ2v) is 5.96. The Balaban J connectivity index is 2.58. The molecule has 1 atom stereocenters. The molecule has 0 bridgehead atoms. The lowest BCUT2D eigenvalue weighted by Gasteiger charge is -2.22.